The third-order valence-corrected chi connectivity index (χ3v) is 3.30. The highest BCUT2D eigenvalue weighted by Gasteiger charge is 2.15. The molecule has 0 aliphatic rings. The van der Waals surface area contributed by atoms with Crippen molar-refractivity contribution in [3.63, 3.8) is 0 Å². The molecule has 1 heterocycles. The second-order valence-corrected chi connectivity index (χ2v) is 6.70. The number of ether oxygens (including phenoxy) is 1. The number of hydrogen-bond acceptors (Lipinski definition) is 4. The number of aromatic nitrogens is 2. The molecule has 2 rings (SSSR count). The Labute approximate surface area is 146 Å². The molecule has 134 valence electrons. The minimum absolute atomic E-state index is 0.158. The molecule has 0 saturated heterocycles. The lowest BCUT2D eigenvalue weighted by Gasteiger charge is -2.19. The average Bonchev–Trinajstić information content (AvgIpc) is 2.93. The van der Waals surface area contributed by atoms with E-state index in [4.69, 9.17) is 9.84 Å². The Bertz CT molecular complexity index is 730. The molecular formula is C18H23N3O4. The van der Waals surface area contributed by atoms with E-state index >= 15 is 0 Å². The van der Waals surface area contributed by atoms with Crippen LogP contribution in [0.4, 0.5) is 4.79 Å². The molecule has 0 spiro atoms. The van der Waals surface area contributed by atoms with Crippen molar-refractivity contribution < 1.29 is 19.4 Å². The van der Waals surface area contributed by atoms with Crippen LogP contribution in [0.15, 0.2) is 36.7 Å². The first-order valence-corrected chi connectivity index (χ1v) is 8.03. The SMILES string of the molecule is CC(C)(C)OC(=O)NCCc1ccc(-c2cnn(CC(=O)O)c2)cc1. The summed E-state index contributed by atoms with van der Waals surface area (Å²) < 4.78 is 6.57. The molecule has 1 aromatic heterocycles. The number of alkyl carbamates (subject to hydrolysis) is 1. The fourth-order valence-electron chi connectivity index (χ4n) is 2.22. The van der Waals surface area contributed by atoms with Crippen molar-refractivity contribution in [2.75, 3.05) is 6.54 Å². The Morgan fingerprint density at radius 3 is 2.48 bits per heavy atom. The molecule has 0 aliphatic carbocycles. The highest BCUT2D eigenvalue weighted by molar-refractivity contribution is 5.68. The zero-order valence-electron chi connectivity index (χ0n) is 14.7. The summed E-state index contributed by atoms with van der Waals surface area (Å²) in [6.07, 6.45) is 3.61. The Morgan fingerprint density at radius 2 is 1.88 bits per heavy atom. The first-order chi connectivity index (χ1) is 11.7. The van der Waals surface area contributed by atoms with Gasteiger partial charge in [-0.15, -0.1) is 0 Å². The van der Waals surface area contributed by atoms with E-state index in [9.17, 15) is 9.59 Å². The Balaban J connectivity index is 1.86. The number of nitrogens with one attached hydrogen (secondary N) is 1. The van der Waals surface area contributed by atoms with E-state index in [0.717, 1.165) is 16.7 Å². The van der Waals surface area contributed by atoms with Crippen LogP contribution < -0.4 is 5.32 Å². The average molecular weight is 345 g/mol. The number of carboxylic acids is 1. The lowest BCUT2D eigenvalue weighted by Crippen LogP contribution is -2.33. The summed E-state index contributed by atoms with van der Waals surface area (Å²) in [5, 5.41) is 15.5. The molecule has 25 heavy (non-hydrogen) atoms. The van der Waals surface area contributed by atoms with Crippen molar-refractivity contribution in [2.45, 2.75) is 39.3 Å². The summed E-state index contributed by atoms with van der Waals surface area (Å²) >= 11 is 0. The lowest BCUT2D eigenvalue weighted by molar-refractivity contribution is -0.137. The zero-order valence-corrected chi connectivity index (χ0v) is 14.7. The van der Waals surface area contributed by atoms with Gasteiger partial charge in [0.25, 0.3) is 0 Å². The van der Waals surface area contributed by atoms with Gasteiger partial charge in [-0.25, -0.2) is 4.79 Å². The standard InChI is InChI=1S/C18H23N3O4/c1-18(2,3)25-17(24)19-9-8-13-4-6-14(7-5-13)15-10-20-21(11-15)12-16(22)23/h4-7,10-11H,8-9,12H2,1-3H3,(H,19,24)(H,22,23). The monoisotopic (exact) mass is 345 g/mol. The molecule has 0 atom stereocenters. The first kappa shape index (κ1) is 18.5. The van der Waals surface area contributed by atoms with Crippen LogP contribution in [0, 0.1) is 0 Å². The van der Waals surface area contributed by atoms with Crippen molar-refractivity contribution in [3.05, 3.63) is 42.2 Å². The largest absolute Gasteiger partial charge is 0.480 e. The number of nitrogens with zero attached hydrogens (tertiary/aromatic N) is 2. The van der Waals surface area contributed by atoms with Crippen LogP contribution in [-0.4, -0.2) is 39.1 Å². The van der Waals surface area contributed by atoms with Crippen molar-refractivity contribution in [1.29, 1.82) is 0 Å². The van der Waals surface area contributed by atoms with E-state index < -0.39 is 17.7 Å². The van der Waals surface area contributed by atoms with Crippen LogP contribution >= 0.6 is 0 Å². The Kier molecular flexibility index (Phi) is 5.80. The molecule has 7 nitrogen and oxygen atoms in total. The van der Waals surface area contributed by atoms with Crippen molar-refractivity contribution >= 4 is 12.1 Å². The fourth-order valence-corrected chi connectivity index (χ4v) is 2.22. The van der Waals surface area contributed by atoms with Crippen LogP contribution in [0.5, 0.6) is 0 Å². The number of rotatable bonds is 6. The summed E-state index contributed by atoms with van der Waals surface area (Å²) in [6.45, 7) is 5.80. The number of aliphatic carboxylic acids is 1. The second kappa shape index (κ2) is 7.83. The normalized spacial score (nSPS) is 11.2. The van der Waals surface area contributed by atoms with E-state index in [1.54, 1.807) is 12.4 Å². The predicted octanol–water partition coefficient (Wildman–Crippen LogP) is 2.70. The van der Waals surface area contributed by atoms with Gasteiger partial charge in [0.1, 0.15) is 12.1 Å². The summed E-state index contributed by atoms with van der Waals surface area (Å²) in [5.74, 6) is -0.928. The van der Waals surface area contributed by atoms with Gasteiger partial charge < -0.3 is 15.2 Å². The molecule has 0 unspecified atom stereocenters. The molecule has 1 aromatic carbocycles. The van der Waals surface area contributed by atoms with Crippen LogP contribution in [0.25, 0.3) is 11.1 Å². The molecule has 7 heteroatoms. The van der Waals surface area contributed by atoms with Crippen LogP contribution in [-0.2, 0) is 22.5 Å². The highest BCUT2D eigenvalue weighted by Crippen LogP contribution is 2.19. The minimum Gasteiger partial charge on any atom is -0.480 e. The van der Waals surface area contributed by atoms with Crippen LogP contribution in [0.2, 0.25) is 0 Å². The third kappa shape index (κ3) is 6.29. The van der Waals surface area contributed by atoms with Crippen molar-refractivity contribution in [2.24, 2.45) is 0 Å². The quantitative estimate of drug-likeness (QED) is 0.839. The maximum atomic E-state index is 11.6. The van der Waals surface area contributed by atoms with E-state index in [-0.39, 0.29) is 6.54 Å². The summed E-state index contributed by atoms with van der Waals surface area (Å²) in [7, 11) is 0. The highest BCUT2D eigenvalue weighted by atomic mass is 16.6. The van der Waals surface area contributed by atoms with Crippen LogP contribution in [0.3, 0.4) is 0 Å². The maximum Gasteiger partial charge on any atom is 0.407 e. The van der Waals surface area contributed by atoms with E-state index in [2.05, 4.69) is 10.4 Å². The van der Waals surface area contributed by atoms with Gasteiger partial charge in [0, 0.05) is 18.3 Å². The Hall–Kier alpha value is -2.83. The number of amides is 1. The van der Waals surface area contributed by atoms with E-state index in [1.165, 1.54) is 4.68 Å². The van der Waals surface area contributed by atoms with Gasteiger partial charge in [-0.1, -0.05) is 24.3 Å². The molecule has 2 aromatic rings. The molecular weight excluding hydrogens is 322 g/mol. The van der Waals surface area contributed by atoms with Gasteiger partial charge in [-0.3, -0.25) is 9.48 Å². The third-order valence-electron chi connectivity index (χ3n) is 3.30. The second-order valence-electron chi connectivity index (χ2n) is 6.70. The molecule has 0 saturated carbocycles. The van der Waals surface area contributed by atoms with Crippen molar-refractivity contribution in [1.82, 2.24) is 15.1 Å². The molecule has 2 N–H and O–H groups in total. The van der Waals surface area contributed by atoms with Gasteiger partial charge in [0.15, 0.2) is 0 Å². The molecule has 0 bridgehead atoms. The predicted molar refractivity (Wildman–Crippen MR) is 93.2 cm³/mol. The van der Waals surface area contributed by atoms with Crippen molar-refractivity contribution in [3.8, 4) is 11.1 Å². The van der Waals surface area contributed by atoms with Gasteiger partial charge in [-0.05, 0) is 38.3 Å². The first-order valence-electron chi connectivity index (χ1n) is 8.03. The van der Waals surface area contributed by atoms with Crippen LogP contribution in [0.1, 0.15) is 26.3 Å². The lowest BCUT2D eigenvalue weighted by atomic mass is 10.1. The summed E-state index contributed by atoms with van der Waals surface area (Å²) in [5.41, 5.74) is 2.40. The number of hydrogen-bond donors (Lipinski definition) is 2. The zero-order chi connectivity index (χ0) is 18.4. The molecule has 0 aliphatic heterocycles. The summed E-state index contributed by atoms with van der Waals surface area (Å²) in [6, 6.07) is 7.84. The molecule has 1 amide bonds. The maximum absolute atomic E-state index is 11.6. The van der Waals surface area contributed by atoms with E-state index in [0.29, 0.717) is 13.0 Å². The minimum atomic E-state index is -0.928. The number of carbonyl (C=O) groups excluding carboxylic acids is 1. The smallest absolute Gasteiger partial charge is 0.407 e. The van der Waals surface area contributed by atoms with Gasteiger partial charge in [0.2, 0.25) is 0 Å². The molecule has 0 fully saturated rings. The summed E-state index contributed by atoms with van der Waals surface area (Å²) in [4.78, 5) is 22.3. The van der Waals surface area contributed by atoms with Gasteiger partial charge >= 0.3 is 12.1 Å². The Morgan fingerprint density at radius 1 is 1.20 bits per heavy atom. The molecule has 0 radical (unpaired) electrons. The number of carbonyl (C=O) groups is 2. The van der Waals surface area contributed by atoms with E-state index in [1.807, 2.05) is 45.0 Å². The fraction of sp³-hybridized carbons (Fsp3) is 0.389. The topological polar surface area (TPSA) is 93.5 Å². The number of carboxylic acid groups (broad SMARTS) is 1. The number of benzene rings is 1. The van der Waals surface area contributed by atoms with Gasteiger partial charge in [-0.2, -0.15) is 5.10 Å². The van der Waals surface area contributed by atoms with Gasteiger partial charge in [0.05, 0.1) is 6.20 Å².